The zero-order valence-corrected chi connectivity index (χ0v) is 21.8. The molecule has 0 atom stereocenters. The summed E-state index contributed by atoms with van der Waals surface area (Å²) in [5.74, 6) is 0.992. The minimum Gasteiger partial charge on any atom is -0.355 e. The van der Waals surface area contributed by atoms with Crippen molar-refractivity contribution in [2.45, 2.75) is 26.3 Å². The van der Waals surface area contributed by atoms with Crippen LogP contribution in [-0.2, 0) is 25.6 Å². The third-order valence-electron chi connectivity index (χ3n) is 5.77. The van der Waals surface area contributed by atoms with Crippen LogP contribution in [-0.4, -0.2) is 14.5 Å². The van der Waals surface area contributed by atoms with E-state index in [4.69, 9.17) is 4.98 Å². The van der Waals surface area contributed by atoms with Gasteiger partial charge in [0.1, 0.15) is 0 Å². The van der Waals surface area contributed by atoms with Gasteiger partial charge in [-0.3, -0.25) is 4.98 Å². The van der Waals surface area contributed by atoms with E-state index in [1.807, 2.05) is 60.7 Å². The molecule has 1 aliphatic rings. The molecule has 171 valence electrons. The molecule has 3 nitrogen and oxygen atoms in total. The van der Waals surface area contributed by atoms with Crippen LogP contribution in [0.3, 0.4) is 0 Å². The van der Waals surface area contributed by atoms with E-state index in [-0.39, 0.29) is 25.6 Å². The van der Waals surface area contributed by atoms with Crippen molar-refractivity contribution in [2.24, 2.45) is 0 Å². The molecule has 3 heterocycles. The summed E-state index contributed by atoms with van der Waals surface area (Å²) in [5, 5.41) is 0. The monoisotopic (exact) mass is 620 g/mol. The van der Waals surface area contributed by atoms with E-state index in [1.165, 1.54) is 16.6 Å². The van der Waals surface area contributed by atoms with Crippen molar-refractivity contribution in [3.05, 3.63) is 114 Å². The van der Waals surface area contributed by atoms with E-state index in [0.717, 1.165) is 28.2 Å². The van der Waals surface area contributed by atoms with Crippen molar-refractivity contribution >= 4 is 17.1 Å². The molecule has 0 aliphatic carbocycles. The largest absolute Gasteiger partial charge is 0.355 e. The molecule has 0 amide bonds. The molecule has 5 aromatic rings. The fourth-order valence-electron chi connectivity index (χ4n) is 4.23. The van der Waals surface area contributed by atoms with Crippen LogP contribution in [0.25, 0.3) is 39.8 Å². The van der Waals surface area contributed by atoms with E-state index in [9.17, 15) is 0 Å². The summed E-state index contributed by atoms with van der Waals surface area (Å²) in [6.07, 6.45) is 6.26. The molecule has 34 heavy (non-hydrogen) atoms. The summed E-state index contributed by atoms with van der Waals surface area (Å²) in [7, 11) is 0. The van der Waals surface area contributed by atoms with E-state index >= 15 is 0 Å². The van der Waals surface area contributed by atoms with Gasteiger partial charge >= 0.3 is 0 Å². The van der Waals surface area contributed by atoms with Crippen LogP contribution >= 0.6 is 0 Å². The van der Waals surface area contributed by atoms with Crippen molar-refractivity contribution < 1.29 is 20.1 Å². The van der Waals surface area contributed by atoms with Crippen molar-refractivity contribution in [1.29, 1.82) is 0 Å². The average molecular weight is 620 g/mol. The zero-order chi connectivity index (χ0) is 22.8. The topological polar surface area (TPSA) is 30.7 Å². The van der Waals surface area contributed by atoms with Gasteiger partial charge in [-0.05, 0) is 55.8 Å². The van der Waals surface area contributed by atoms with Gasteiger partial charge < -0.3 is 9.55 Å². The van der Waals surface area contributed by atoms with Crippen LogP contribution in [0.1, 0.15) is 25.0 Å². The van der Waals surface area contributed by atoms with Crippen LogP contribution < -0.4 is 0 Å². The summed E-state index contributed by atoms with van der Waals surface area (Å²) >= 11 is 0. The quantitative estimate of drug-likeness (QED) is 0.197. The second-order valence-electron chi connectivity index (χ2n) is 8.75. The van der Waals surface area contributed by atoms with Crippen LogP contribution in [0.5, 0.6) is 0 Å². The minimum absolute atomic E-state index is 0. The van der Waals surface area contributed by atoms with Gasteiger partial charge in [0, 0.05) is 26.3 Å². The molecular formula is C30H25IrN3-2. The fraction of sp³-hybridized carbons (Fsp3) is 0.133. The van der Waals surface area contributed by atoms with Gasteiger partial charge in [-0.2, -0.15) is 0 Å². The summed E-state index contributed by atoms with van der Waals surface area (Å²) in [6.45, 7) is 6.57. The smallest absolute Gasteiger partial charge is 0.0779 e. The molecule has 0 saturated heterocycles. The second kappa shape index (κ2) is 9.88. The first kappa shape index (κ1) is 23.8. The second-order valence-corrected chi connectivity index (χ2v) is 8.75. The van der Waals surface area contributed by atoms with Crippen molar-refractivity contribution in [1.82, 2.24) is 14.5 Å². The fourth-order valence-corrected chi connectivity index (χ4v) is 4.23. The first-order chi connectivity index (χ1) is 16.0. The number of nitrogens with zero attached hydrogens (tertiary/aromatic N) is 3. The number of aromatic nitrogens is 3. The number of allylic oxidation sites excluding steroid dienone is 1. The third-order valence-corrected chi connectivity index (χ3v) is 5.77. The first-order valence-electron chi connectivity index (χ1n) is 11.1. The Bertz CT molecular complexity index is 1380. The molecule has 0 N–H and O–H groups in total. The molecule has 1 aliphatic heterocycles. The predicted octanol–water partition coefficient (Wildman–Crippen LogP) is 7.12. The van der Waals surface area contributed by atoms with Gasteiger partial charge in [0.05, 0.1) is 22.4 Å². The summed E-state index contributed by atoms with van der Waals surface area (Å²) in [6, 6.07) is 32.6. The summed E-state index contributed by atoms with van der Waals surface area (Å²) < 4.78 is 2.34. The normalized spacial score (nSPS) is 13.0. The number of hydrogen-bond donors (Lipinski definition) is 0. The van der Waals surface area contributed by atoms with E-state index in [2.05, 4.69) is 72.8 Å². The van der Waals surface area contributed by atoms with E-state index < -0.39 is 0 Å². The molecule has 0 fully saturated rings. The maximum Gasteiger partial charge on any atom is 0.0779 e. The first-order valence-corrected chi connectivity index (χ1v) is 11.1. The Morgan fingerprint density at radius 2 is 1.56 bits per heavy atom. The Morgan fingerprint density at radius 3 is 2.21 bits per heavy atom. The molecule has 0 spiro atoms. The molecule has 0 saturated carbocycles. The third kappa shape index (κ3) is 4.65. The number of aryl methyl sites for hydroxylation is 1. The van der Waals surface area contributed by atoms with Crippen LogP contribution in [0.4, 0.5) is 0 Å². The van der Waals surface area contributed by atoms with Gasteiger partial charge in [0.15, 0.2) is 0 Å². The maximum atomic E-state index is 4.90. The molecule has 0 bridgehead atoms. The predicted molar refractivity (Wildman–Crippen MR) is 136 cm³/mol. The number of hydrogen-bond acceptors (Lipinski definition) is 2. The molecule has 3 aromatic carbocycles. The molecule has 0 unspecified atom stereocenters. The molecular weight excluding hydrogens is 595 g/mol. The maximum absolute atomic E-state index is 4.90. The molecule has 2 aromatic heterocycles. The number of rotatable bonds is 2. The Labute approximate surface area is 214 Å². The van der Waals surface area contributed by atoms with E-state index in [1.54, 1.807) is 6.20 Å². The average Bonchev–Trinajstić information content (AvgIpc) is 3.25. The minimum atomic E-state index is -0.0873. The van der Waals surface area contributed by atoms with Crippen LogP contribution in [0, 0.1) is 19.1 Å². The Balaban J connectivity index is 0.000000180. The van der Waals surface area contributed by atoms with Gasteiger partial charge in [-0.1, -0.05) is 24.3 Å². The van der Waals surface area contributed by atoms with Crippen LogP contribution in [0.15, 0.2) is 91.1 Å². The molecule has 1 radical (unpaired) electrons. The van der Waals surface area contributed by atoms with Crippen LogP contribution in [0.2, 0.25) is 0 Å². The summed E-state index contributed by atoms with van der Waals surface area (Å²) in [4.78, 5) is 9.12. The Kier molecular flexibility index (Phi) is 6.92. The summed E-state index contributed by atoms with van der Waals surface area (Å²) in [5.41, 5.74) is 7.75. The number of pyridine rings is 1. The van der Waals surface area contributed by atoms with E-state index in [0.29, 0.717) is 0 Å². The SMILES string of the molecule is Cc1cc2c3c(c1)nc(-c1[c-]cccc1)n3C(C)(C)C=C2.[Ir].[c-]1ccccc1-c1ccccn1. The zero-order valence-electron chi connectivity index (χ0n) is 19.4. The van der Waals surface area contributed by atoms with Crippen molar-refractivity contribution in [3.8, 4) is 22.6 Å². The number of benzene rings is 3. The van der Waals surface area contributed by atoms with Gasteiger partial charge in [0.25, 0.3) is 0 Å². The van der Waals surface area contributed by atoms with Gasteiger partial charge in [-0.15, -0.1) is 71.8 Å². The Hall–Kier alpha value is -3.33. The van der Waals surface area contributed by atoms with Crippen molar-refractivity contribution in [3.63, 3.8) is 0 Å². The van der Waals surface area contributed by atoms with Gasteiger partial charge in [0.2, 0.25) is 0 Å². The number of imidazole rings is 1. The van der Waals surface area contributed by atoms with Gasteiger partial charge in [-0.25, -0.2) is 0 Å². The van der Waals surface area contributed by atoms with Crippen molar-refractivity contribution in [2.75, 3.05) is 0 Å². The standard InChI is InChI=1S/C19H17N2.C11H8N.Ir/c1-13-11-15-9-10-19(2,3)21-17(15)16(12-13)20-18(21)14-7-5-4-6-8-14;1-2-6-10(7-3-1)11-8-4-5-9-12-11;/h4-7,9-12H,1-3H3;1-6,8-9H;/q2*-1;. The molecule has 6 rings (SSSR count). The molecule has 4 heteroatoms. The Morgan fingerprint density at radius 1 is 0.853 bits per heavy atom.